The maximum atomic E-state index is 12.7. The fourth-order valence-corrected chi connectivity index (χ4v) is 1.80. The molecular formula is C16H17F6NO2. The van der Waals surface area contributed by atoms with Crippen LogP contribution in [0, 0.1) is 11.3 Å². The Bertz CT molecular complexity index is 584. The monoisotopic (exact) mass is 369 g/mol. The van der Waals surface area contributed by atoms with Crippen LogP contribution < -0.4 is 0 Å². The number of hydrogen-bond acceptors (Lipinski definition) is 3. The molecule has 0 aliphatic heterocycles. The first-order valence-electron chi connectivity index (χ1n) is 7.33. The second kappa shape index (κ2) is 9.30. The van der Waals surface area contributed by atoms with Crippen LogP contribution >= 0.6 is 0 Å². The first-order valence-corrected chi connectivity index (χ1v) is 7.33. The lowest BCUT2D eigenvalue weighted by atomic mass is 9.93. The molecule has 3 nitrogen and oxygen atoms in total. The van der Waals surface area contributed by atoms with E-state index in [4.69, 9.17) is 5.26 Å². The predicted octanol–water partition coefficient (Wildman–Crippen LogP) is 5.31. The lowest BCUT2D eigenvalue weighted by Gasteiger charge is -2.16. The molecule has 0 aromatic heterocycles. The number of ether oxygens (including phenoxy) is 1. The highest BCUT2D eigenvalue weighted by molar-refractivity contribution is 5.71. The molecule has 1 unspecified atom stereocenters. The summed E-state index contributed by atoms with van der Waals surface area (Å²) < 4.78 is 81.0. The third-order valence-corrected chi connectivity index (χ3v) is 2.84. The third-order valence-electron chi connectivity index (χ3n) is 2.84. The van der Waals surface area contributed by atoms with Crippen molar-refractivity contribution in [1.82, 2.24) is 0 Å². The Hall–Kier alpha value is -2.24. The quantitative estimate of drug-likeness (QED) is 0.534. The molecule has 0 spiro atoms. The van der Waals surface area contributed by atoms with Crippen molar-refractivity contribution in [2.24, 2.45) is 0 Å². The number of rotatable bonds is 4. The smallest absolute Gasteiger partial charge is 0.416 e. The van der Waals surface area contributed by atoms with Gasteiger partial charge in [0.25, 0.3) is 0 Å². The van der Waals surface area contributed by atoms with Gasteiger partial charge in [0.2, 0.25) is 0 Å². The van der Waals surface area contributed by atoms with E-state index in [9.17, 15) is 31.1 Å². The van der Waals surface area contributed by atoms with Crippen molar-refractivity contribution >= 4 is 5.97 Å². The van der Waals surface area contributed by atoms with Gasteiger partial charge in [-0.05, 0) is 30.7 Å². The number of benzene rings is 1. The Morgan fingerprint density at radius 3 is 1.84 bits per heavy atom. The minimum absolute atomic E-state index is 0.0205. The van der Waals surface area contributed by atoms with E-state index in [1.54, 1.807) is 0 Å². The van der Waals surface area contributed by atoms with Gasteiger partial charge < -0.3 is 4.74 Å². The van der Waals surface area contributed by atoms with Gasteiger partial charge in [-0.2, -0.15) is 31.6 Å². The SMILES string of the molecule is CC.CCOC(=O)CC(C#N)c1cc(C(F)(F)F)cc(C(F)(F)F)c1. The molecule has 0 saturated heterocycles. The normalized spacial score (nSPS) is 12.5. The minimum atomic E-state index is -5.01. The van der Waals surface area contributed by atoms with Gasteiger partial charge in [0.1, 0.15) is 0 Å². The van der Waals surface area contributed by atoms with Crippen LogP contribution in [0.25, 0.3) is 0 Å². The summed E-state index contributed by atoms with van der Waals surface area (Å²) in [6.07, 6.45) is -10.7. The van der Waals surface area contributed by atoms with Gasteiger partial charge in [-0.3, -0.25) is 4.79 Å². The summed E-state index contributed by atoms with van der Waals surface area (Å²) in [7, 11) is 0. The van der Waals surface area contributed by atoms with Gasteiger partial charge in [0.15, 0.2) is 0 Å². The predicted molar refractivity (Wildman–Crippen MR) is 77.4 cm³/mol. The van der Waals surface area contributed by atoms with Gasteiger partial charge in [-0.25, -0.2) is 0 Å². The molecule has 1 atom stereocenters. The average molecular weight is 369 g/mol. The fraction of sp³-hybridized carbons (Fsp3) is 0.500. The molecular weight excluding hydrogens is 352 g/mol. The Balaban J connectivity index is 0.00000277. The molecule has 0 fully saturated rings. The van der Waals surface area contributed by atoms with Crippen LogP contribution in [-0.2, 0) is 21.9 Å². The van der Waals surface area contributed by atoms with Gasteiger partial charge in [0.05, 0.1) is 36.1 Å². The molecule has 0 aliphatic carbocycles. The van der Waals surface area contributed by atoms with Crippen molar-refractivity contribution in [2.75, 3.05) is 6.61 Å². The maximum absolute atomic E-state index is 12.7. The van der Waals surface area contributed by atoms with E-state index in [-0.39, 0.29) is 12.7 Å². The zero-order chi connectivity index (χ0) is 19.8. The zero-order valence-electron chi connectivity index (χ0n) is 13.8. The molecule has 9 heteroatoms. The van der Waals surface area contributed by atoms with E-state index in [0.29, 0.717) is 12.1 Å². The second-order valence-electron chi connectivity index (χ2n) is 4.53. The van der Waals surface area contributed by atoms with E-state index >= 15 is 0 Å². The van der Waals surface area contributed by atoms with Crippen LogP contribution in [-0.4, -0.2) is 12.6 Å². The lowest BCUT2D eigenvalue weighted by Crippen LogP contribution is -2.14. The Kier molecular flexibility index (Phi) is 8.46. The summed E-state index contributed by atoms with van der Waals surface area (Å²) >= 11 is 0. The topological polar surface area (TPSA) is 50.1 Å². The van der Waals surface area contributed by atoms with Crippen molar-refractivity contribution in [3.8, 4) is 6.07 Å². The number of halogens is 6. The number of hydrogen-bond donors (Lipinski definition) is 0. The highest BCUT2D eigenvalue weighted by Gasteiger charge is 2.37. The van der Waals surface area contributed by atoms with Gasteiger partial charge >= 0.3 is 18.3 Å². The number of carbonyl (C=O) groups is 1. The largest absolute Gasteiger partial charge is 0.466 e. The second-order valence-corrected chi connectivity index (χ2v) is 4.53. The van der Waals surface area contributed by atoms with Crippen LogP contribution in [0.5, 0.6) is 0 Å². The van der Waals surface area contributed by atoms with E-state index < -0.39 is 47.4 Å². The van der Waals surface area contributed by atoms with E-state index in [1.165, 1.54) is 13.0 Å². The highest BCUT2D eigenvalue weighted by atomic mass is 19.4. The van der Waals surface area contributed by atoms with Crippen molar-refractivity contribution in [3.05, 3.63) is 34.9 Å². The van der Waals surface area contributed by atoms with Crippen LogP contribution in [0.4, 0.5) is 26.3 Å². The van der Waals surface area contributed by atoms with Crippen LogP contribution in [0.3, 0.4) is 0 Å². The van der Waals surface area contributed by atoms with E-state index in [1.807, 2.05) is 13.8 Å². The molecule has 0 bridgehead atoms. The first-order chi connectivity index (χ1) is 11.5. The summed E-state index contributed by atoms with van der Waals surface area (Å²) in [5.41, 5.74) is -3.61. The zero-order valence-corrected chi connectivity index (χ0v) is 13.8. The number of esters is 1. The van der Waals surface area contributed by atoms with Crippen molar-refractivity contribution in [2.45, 2.75) is 45.5 Å². The van der Waals surface area contributed by atoms with E-state index in [0.717, 1.165) is 0 Å². The van der Waals surface area contributed by atoms with Gasteiger partial charge in [-0.1, -0.05) is 13.8 Å². The molecule has 0 saturated carbocycles. The summed E-state index contributed by atoms with van der Waals surface area (Å²) in [6, 6.07) is 2.36. The molecule has 1 aromatic carbocycles. The summed E-state index contributed by atoms with van der Waals surface area (Å²) in [5.74, 6) is -2.36. The van der Waals surface area contributed by atoms with Crippen molar-refractivity contribution in [1.29, 1.82) is 5.26 Å². The molecule has 0 amide bonds. The molecule has 0 N–H and O–H groups in total. The van der Waals surface area contributed by atoms with Crippen molar-refractivity contribution in [3.63, 3.8) is 0 Å². The molecule has 0 aliphatic rings. The summed E-state index contributed by atoms with van der Waals surface area (Å²) in [6.45, 7) is 5.46. The van der Waals surface area contributed by atoms with Crippen LogP contribution in [0.1, 0.15) is 49.8 Å². The molecule has 1 rings (SSSR count). The average Bonchev–Trinajstić information content (AvgIpc) is 2.52. The molecule has 25 heavy (non-hydrogen) atoms. The van der Waals surface area contributed by atoms with Crippen LogP contribution in [0.2, 0.25) is 0 Å². The first kappa shape index (κ1) is 22.8. The maximum Gasteiger partial charge on any atom is 0.416 e. The molecule has 1 aromatic rings. The van der Waals surface area contributed by atoms with E-state index in [2.05, 4.69) is 4.74 Å². The Labute approximate surface area is 141 Å². The summed E-state index contributed by atoms with van der Waals surface area (Å²) in [5, 5.41) is 8.96. The minimum Gasteiger partial charge on any atom is -0.466 e. The molecule has 0 radical (unpaired) electrons. The van der Waals surface area contributed by atoms with Crippen LogP contribution in [0.15, 0.2) is 18.2 Å². The standard InChI is InChI=1S/C14H11F6NO2.C2H6/c1-2-23-12(22)5-9(7-21)8-3-10(13(15,16)17)6-11(4-8)14(18,19)20;1-2/h3-4,6,9H,2,5H2,1H3;1-2H3. The number of nitrogens with zero attached hydrogens (tertiary/aromatic N) is 1. The highest BCUT2D eigenvalue weighted by Crippen LogP contribution is 2.38. The van der Waals surface area contributed by atoms with Gasteiger partial charge in [0, 0.05) is 0 Å². The Morgan fingerprint density at radius 2 is 1.52 bits per heavy atom. The number of nitriles is 1. The lowest BCUT2D eigenvalue weighted by molar-refractivity contribution is -0.143. The molecule has 140 valence electrons. The number of alkyl halides is 6. The third kappa shape index (κ3) is 7.03. The summed E-state index contributed by atoms with van der Waals surface area (Å²) in [4.78, 5) is 11.3. The fourth-order valence-electron chi connectivity index (χ4n) is 1.80. The molecule has 0 heterocycles. The van der Waals surface area contributed by atoms with Gasteiger partial charge in [-0.15, -0.1) is 0 Å². The Morgan fingerprint density at radius 1 is 1.08 bits per heavy atom. The number of carbonyl (C=O) groups excluding carboxylic acids is 1. The van der Waals surface area contributed by atoms with Crippen molar-refractivity contribution < 1.29 is 35.9 Å².